The van der Waals surface area contributed by atoms with Crippen molar-refractivity contribution in [2.45, 2.75) is 76.7 Å². The lowest BCUT2D eigenvalue weighted by Gasteiger charge is -2.53. The number of nitrogens with one attached hydrogen (secondary N) is 1. The fourth-order valence-corrected chi connectivity index (χ4v) is 4.96. The van der Waals surface area contributed by atoms with Gasteiger partial charge in [0.1, 0.15) is 0 Å². The van der Waals surface area contributed by atoms with E-state index in [1.807, 2.05) is 0 Å². The summed E-state index contributed by atoms with van der Waals surface area (Å²) in [6, 6.07) is 0.800. The van der Waals surface area contributed by atoms with Gasteiger partial charge in [-0.2, -0.15) is 0 Å². The predicted octanol–water partition coefficient (Wildman–Crippen LogP) is 3.49. The van der Waals surface area contributed by atoms with E-state index in [1.165, 1.54) is 70.6 Å². The van der Waals surface area contributed by atoms with Crippen molar-refractivity contribution in [3.63, 3.8) is 0 Å². The highest BCUT2D eigenvalue weighted by molar-refractivity contribution is 5.01. The average Bonchev–Trinajstić information content (AvgIpc) is 2.47. The van der Waals surface area contributed by atoms with Crippen LogP contribution in [0.3, 0.4) is 0 Å². The molecule has 0 amide bonds. The van der Waals surface area contributed by atoms with Gasteiger partial charge in [0, 0.05) is 12.6 Å². The van der Waals surface area contributed by atoms with Gasteiger partial charge in [0.2, 0.25) is 0 Å². The molecule has 0 saturated heterocycles. The second kappa shape index (κ2) is 6.13. The molecule has 19 heavy (non-hydrogen) atoms. The zero-order valence-corrected chi connectivity index (χ0v) is 12.4. The fourth-order valence-electron chi connectivity index (χ4n) is 4.96. The maximum Gasteiger partial charge on any atom is 0.0462 e. The molecule has 3 aliphatic carbocycles. The predicted molar refractivity (Wildman–Crippen MR) is 79.1 cm³/mol. The van der Waals surface area contributed by atoms with Gasteiger partial charge in [0.15, 0.2) is 0 Å². The lowest BCUT2D eigenvalue weighted by molar-refractivity contribution is 0.0162. The highest BCUT2D eigenvalue weighted by Crippen LogP contribution is 2.51. The molecule has 3 saturated carbocycles. The second-order valence-electron chi connectivity index (χ2n) is 7.41. The molecule has 0 aromatic rings. The van der Waals surface area contributed by atoms with Gasteiger partial charge in [-0.3, -0.25) is 0 Å². The van der Waals surface area contributed by atoms with Crippen molar-refractivity contribution in [2.75, 3.05) is 13.2 Å². The minimum atomic E-state index is 0.405. The maximum absolute atomic E-state index is 9.51. The van der Waals surface area contributed by atoms with Gasteiger partial charge in [-0.15, -0.1) is 0 Å². The average molecular weight is 265 g/mol. The van der Waals surface area contributed by atoms with Crippen molar-refractivity contribution in [1.29, 1.82) is 0 Å². The Morgan fingerprint density at radius 2 is 1.58 bits per heavy atom. The molecule has 0 heterocycles. The lowest BCUT2D eigenvalue weighted by Crippen LogP contribution is -2.55. The summed E-state index contributed by atoms with van der Waals surface area (Å²) in [7, 11) is 0. The zero-order chi connectivity index (χ0) is 13.1. The van der Waals surface area contributed by atoms with E-state index in [0.29, 0.717) is 17.9 Å². The fraction of sp³-hybridized carbons (Fsp3) is 1.00. The third kappa shape index (κ3) is 2.85. The molecule has 0 aromatic carbocycles. The molecule has 3 aliphatic rings. The Morgan fingerprint density at radius 3 is 2.21 bits per heavy atom. The lowest BCUT2D eigenvalue weighted by atomic mass is 9.57. The van der Waals surface area contributed by atoms with E-state index in [1.54, 1.807) is 0 Å². The van der Waals surface area contributed by atoms with E-state index in [2.05, 4.69) is 5.32 Å². The summed E-state index contributed by atoms with van der Waals surface area (Å²) >= 11 is 0. The van der Waals surface area contributed by atoms with Crippen LogP contribution < -0.4 is 5.32 Å². The minimum Gasteiger partial charge on any atom is -0.396 e. The van der Waals surface area contributed by atoms with Gasteiger partial charge in [0.25, 0.3) is 0 Å². The molecule has 0 radical (unpaired) electrons. The summed E-state index contributed by atoms with van der Waals surface area (Å²) in [5.74, 6) is 1.31. The normalized spacial score (nSPS) is 38.1. The Hall–Kier alpha value is -0.0800. The van der Waals surface area contributed by atoms with Crippen LogP contribution >= 0.6 is 0 Å². The Balaban J connectivity index is 1.49. The van der Waals surface area contributed by atoms with Gasteiger partial charge in [-0.05, 0) is 62.3 Å². The Labute approximate surface area is 118 Å². The molecule has 0 aliphatic heterocycles. The Kier molecular flexibility index (Phi) is 4.48. The molecule has 1 spiro atoms. The van der Waals surface area contributed by atoms with Crippen LogP contribution in [0.5, 0.6) is 0 Å². The number of hydrogen-bond donors (Lipinski definition) is 2. The Bertz CT molecular complexity index is 285. The third-order valence-electron chi connectivity index (χ3n) is 6.45. The first-order valence-corrected chi connectivity index (χ1v) is 8.68. The van der Waals surface area contributed by atoms with Crippen LogP contribution in [0, 0.1) is 17.3 Å². The largest absolute Gasteiger partial charge is 0.396 e. The van der Waals surface area contributed by atoms with Crippen molar-refractivity contribution < 1.29 is 5.11 Å². The molecule has 0 aromatic heterocycles. The molecule has 2 N–H and O–H groups in total. The highest BCUT2D eigenvalue weighted by Gasteiger charge is 2.46. The summed E-state index contributed by atoms with van der Waals surface area (Å²) < 4.78 is 0. The van der Waals surface area contributed by atoms with Gasteiger partial charge in [-0.1, -0.05) is 32.1 Å². The van der Waals surface area contributed by atoms with E-state index in [-0.39, 0.29) is 0 Å². The van der Waals surface area contributed by atoms with Crippen LogP contribution in [-0.4, -0.2) is 24.3 Å². The highest BCUT2D eigenvalue weighted by atomic mass is 16.3. The quantitative estimate of drug-likeness (QED) is 0.815. The summed E-state index contributed by atoms with van der Waals surface area (Å²) in [5.41, 5.74) is 0.682. The molecular weight excluding hydrogens is 234 g/mol. The van der Waals surface area contributed by atoms with Crippen LogP contribution in [0.25, 0.3) is 0 Å². The van der Waals surface area contributed by atoms with E-state index in [9.17, 15) is 5.11 Å². The van der Waals surface area contributed by atoms with E-state index >= 15 is 0 Å². The van der Waals surface area contributed by atoms with Crippen molar-refractivity contribution in [1.82, 2.24) is 5.32 Å². The molecule has 3 atom stereocenters. The standard InChI is InChI=1S/C17H31NO/c19-13-15-7-3-2-6-14(15)12-18-16-8-11-17(16)9-4-1-5-10-17/h14-16,18-19H,1-13H2. The van der Waals surface area contributed by atoms with Gasteiger partial charge >= 0.3 is 0 Å². The third-order valence-corrected chi connectivity index (χ3v) is 6.45. The molecule has 2 heteroatoms. The molecule has 110 valence electrons. The summed E-state index contributed by atoms with van der Waals surface area (Å²) in [6.45, 7) is 1.57. The molecule has 3 rings (SSSR count). The molecule has 3 unspecified atom stereocenters. The molecule has 3 fully saturated rings. The Morgan fingerprint density at radius 1 is 0.842 bits per heavy atom. The molecule has 0 bridgehead atoms. The van der Waals surface area contributed by atoms with Crippen LogP contribution in [0.4, 0.5) is 0 Å². The first-order chi connectivity index (χ1) is 9.34. The van der Waals surface area contributed by atoms with Gasteiger partial charge in [-0.25, -0.2) is 0 Å². The van der Waals surface area contributed by atoms with E-state index in [0.717, 1.165) is 18.5 Å². The first kappa shape index (κ1) is 13.9. The van der Waals surface area contributed by atoms with Crippen LogP contribution in [0.2, 0.25) is 0 Å². The molecular formula is C17H31NO. The SMILES string of the molecule is OCC1CCCCC1CNC1CCC12CCCCC2. The number of aliphatic hydroxyl groups is 1. The topological polar surface area (TPSA) is 32.3 Å². The van der Waals surface area contributed by atoms with Gasteiger partial charge < -0.3 is 10.4 Å². The van der Waals surface area contributed by atoms with E-state index < -0.39 is 0 Å². The van der Waals surface area contributed by atoms with Crippen molar-refractivity contribution in [3.05, 3.63) is 0 Å². The number of hydrogen-bond acceptors (Lipinski definition) is 2. The number of rotatable bonds is 4. The summed E-state index contributed by atoms with van der Waals surface area (Å²) in [5, 5.41) is 13.4. The van der Waals surface area contributed by atoms with Crippen LogP contribution in [0.15, 0.2) is 0 Å². The minimum absolute atomic E-state index is 0.405. The monoisotopic (exact) mass is 265 g/mol. The number of aliphatic hydroxyl groups excluding tert-OH is 1. The maximum atomic E-state index is 9.51. The van der Waals surface area contributed by atoms with Crippen molar-refractivity contribution in [2.24, 2.45) is 17.3 Å². The second-order valence-corrected chi connectivity index (χ2v) is 7.41. The summed E-state index contributed by atoms with van der Waals surface area (Å²) in [6.07, 6.45) is 15.5. The van der Waals surface area contributed by atoms with Gasteiger partial charge in [0.05, 0.1) is 0 Å². The molecule has 2 nitrogen and oxygen atoms in total. The smallest absolute Gasteiger partial charge is 0.0462 e. The van der Waals surface area contributed by atoms with E-state index in [4.69, 9.17) is 0 Å². The van der Waals surface area contributed by atoms with Crippen molar-refractivity contribution in [3.8, 4) is 0 Å². The van der Waals surface area contributed by atoms with Crippen LogP contribution in [-0.2, 0) is 0 Å². The van der Waals surface area contributed by atoms with Crippen LogP contribution in [0.1, 0.15) is 70.6 Å². The summed E-state index contributed by atoms with van der Waals surface area (Å²) in [4.78, 5) is 0. The zero-order valence-electron chi connectivity index (χ0n) is 12.4. The van der Waals surface area contributed by atoms with Crippen molar-refractivity contribution >= 4 is 0 Å². The first-order valence-electron chi connectivity index (χ1n) is 8.68.